The Balaban J connectivity index is 1.53. The second-order valence-corrected chi connectivity index (χ2v) is 8.69. The predicted octanol–water partition coefficient (Wildman–Crippen LogP) is 0.556. The van der Waals surface area contributed by atoms with Crippen molar-refractivity contribution in [1.82, 2.24) is 20.0 Å². The van der Waals surface area contributed by atoms with Crippen molar-refractivity contribution in [3.63, 3.8) is 0 Å². The van der Waals surface area contributed by atoms with E-state index in [0.717, 1.165) is 25.9 Å². The second-order valence-electron chi connectivity index (χ2n) is 8.69. The Morgan fingerprint density at radius 3 is 2.69 bits per heavy atom. The number of ether oxygens (including phenoxy) is 1. The Bertz CT molecular complexity index is 735. The molecule has 29 heavy (non-hydrogen) atoms. The van der Waals surface area contributed by atoms with Crippen molar-refractivity contribution < 1.29 is 14.3 Å². The smallest absolute Gasteiger partial charge is 0.254 e. The van der Waals surface area contributed by atoms with Crippen LogP contribution in [0.4, 0.5) is 0 Å². The van der Waals surface area contributed by atoms with Gasteiger partial charge in [-0.3, -0.25) is 14.5 Å². The van der Waals surface area contributed by atoms with Gasteiger partial charge in [-0.25, -0.2) is 0 Å². The maximum atomic E-state index is 13.6. The van der Waals surface area contributed by atoms with Crippen LogP contribution >= 0.6 is 0 Å². The summed E-state index contributed by atoms with van der Waals surface area (Å²) in [5.41, 5.74) is 0.0970. The third kappa shape index (κ3) is 4.04. The molecule has 7 heteroatoms. The Labute approximate surface area is 173 Å². The van der Waals surface area contributed by atoms with Gasteiger partial charge in [0.15, 0.2) is 5.60 Å². The SMILES string of the molecule is CN1CCC(N(C)C(=O)[C@H]2CN(Cc3ccccc3)C[C@@]23OCCNC3=O)CC1. The largest absolute Gasteiger partial charge is 0.361 e. The van der Waals surface area contributed by atoms with E-state index in [-0.39, 0.29) is 17.9 Å². The number of morpholine rings is 1. The molecule has 3 aliphatic rings. The van der Waals surface area contributed by atoms with E-state index < -0.39 is 11.5 Å². The molecule has 1 spiro atoms. The van der Waals surface area contributed by atoms with Crippen molar-refractivity contribution in [2.24, 2.45) is 5.92 Å². The van der Waals surface area contributed by atoms with Gasteiger partial charge in [-0.15, -0.1) is 0 Å². The second kappa shape index (κ2) is 8.42. The van der Waals surface area contributed by atoms with Gasteiger partial charge in [0.25, 0.3) is 5.91 Å². The van der Waals surface area contributed by atoms with Gasteiger partial charge in [0.1, 0.15) is 0 Å². The highest BCUT2D eigenvalue weighted by atomic mass is 16.5. The lowest BCUT2D eigenvalue weighted by Crippen LogP contribution is -2.62. The number of nitrogens with one attached hydrogen (secondary N) is 1. The molecule has 158 valence electrons. The van der Waals surface area contributed by atoms with E-state index >= 15 is 0 Å². The van der Waals surface area contributed by atoms with Gasteiger partial charge in [-0.05, 0) is 38.5 Å². The van der Waals surface area contributed by atoms with E-state index in [9.17, 15) is 9.59 Å². The minimum Gasteiger partial charge on any atom is -0.361 e. The van der Waals surface area contributed by atoms with Crippen LogP contribution < -0.4 is 5.32 Å². The number of hydrogen-bond acceptors (Lipinski definition) is 5. The first kappa shape index (κ1) is 20.3. The molecule has 0 unspecified atom stereocenters. The topological polar surface area (TPSA) is 65.1 Å². The first-order valence-electron chi connectivity index (χ1n) is 10.6. The molecule has 0 bridgehead atoms. The average Bonchev–Trinajstić information content (AvgIpc) is 3.09. The van der Waals surface area contributed by atoms with Gasteiger partial charge in [0.05, 0.1) is 12.5 Å². The van der Waals surface area contributed by atoms with Crippen LogP contribution in [0.25, 0.3) is 0 Å². The molecular formula is C22H32N4O3. The monoisotopic (exact) mass is 400 g/mol. The van der Waals surface area contributed by atoms with Crippen LogP contribution in [-0.4, -0.2) is 91.6 Å². The number of nitrogens with zero attached hydrogens (tertiary/aromatic N) is 3. The third-order valence-electron chi connectivity index (χ3n) is 6.72. The zero-order chi connectivity index (χ0) is 20.4. The summed E-state index contributed by atoms with van der Waals surface area (Å²) in [6.07, 6.45) is 1.94. The minimum atomic E-state index is -1.08. The lowest BCUT2D eigenvalue weighted by molar-refractivity contribution is -0.167. The molecule has 7 nitrogen and oxygen atoms in total. The standard InChI is InChI=1S/C22H32N4O3/c1-24-11-8-18(9-12-24)25(2)20(27)19-15-26(14-17-6-4-3-5-7-17)16-22(19)21(28)23-10-13-29-22/h3-7,18-19H,8-16H2,1-2H3,(H,23,28)/t19-,22-/m1/s1. The summed E-state index contributed by atoms with van der Waals surface area (Å²) < 4.78 is 6.09. The number of hydrogen-bond donors (Lipinski definition) is 1. The molecule has 0 aliphatic carbocycles. The molecule has 1 aromatic rings. The van der Waals surface area contributed by atoms with Gasteiger partial charge in [-0.1, -0.05) is 30.3 Å². The van der Waals surface area contributed by atoms with E-state index in [2.05, 4.69) is 34.3 Å². The third-order valence-corrected chi connectivity index (χ3v) is 6.72. The summed E-state index contributed by atoms with van der Waals surface area (Å²) in [7, 11) is 4.01. The zero-order valence-electron chi connectivity index (χ0n) is 17.5. The van der Waals surface area contributed by atoms with Crippen LogP contribution in [0.2, 0.25) is 0 Å². The van der Waals surface area contributed by atoms with E-state index in [1.54, 1.807) is 0 Å². The fourth-order valence-electron chi connectivity index (χ4n) is 4.95. The van der Waals surface area contributed by atoms with E-state index in [4.69, 9.17) is 4.74 Å². The number of likely N-dealkylation sites (tertiary alicyclic amines) is 2. The average molecular weight is 401 g/mol. The van der Waals surface area contributed by atoms with Crippen molar-refractivity contribution in [1.29, 1.82) is 0 Å². The van der Waals surface area contributed by atoms with Gasteiger partial charge < -0.3 is 19.9 Å². The molecule has 3 heterocycles. The Hall–Kier alpha value is -1.96. The maximum Gasteiger partial charge on any atom is 0.254 e. The number of piperidine rings is 1. The number of carbonyl (C=O) groups excluding carboxylic acids is 2. The number of amides is 2. The molecular weight excluding hydrogens is 368 g/mol. The normalized spacial score (nSPS) is 29.2. The number of carbonyl (C=O) groups is 2. The molecule has 1 aromatic carbocycles. The van der Waals surface area contributed by atoms with Gasteiger partial charge in [-0.2, -0.15) is 0 Å². The molecule has 2 atom stereocenters. The fourth-order valence-corrected chi connectivity index (χ4v) is 4.95. The van der Waals surface area contributed by atoms with Crippen LogP contribution in [0.3, 0.4) is 0 Å². The first-order valence-corrected chi connectivity index (χ1v) is 10.6. The van der Waals surface area contributed by atoms with Crippen LogP contribution in [0, 0.1) is 5.92 Å². The van der Waals surface area contributed by atoms with Gasteiger partial charge in [0, 0.05) is 39.3 Å². The molecule has 4 rings (SSSR count). The molecule has 3 saturated heterocycles. The number of benzene rings is 1. The van der Waals surface area contributed by atoms with Crippen LogP contribution in [0.1, 0.15) is 18.4 Å². The molecule has 2 amide bonds. The number of rotatable bonds is 4. The summed E-state index contributed by atoms with van der Waals surface area (Å²) in [6, 6.07) is 10.4. The lowest BCUT2D eigenvalue weighted by Gasteiger charge is -2.40. The lowest BCUT2D eigenvalue weighted by atomic mass is 9.86. The summed E-state index contributed by atoms with van der Waals surface area (Å²) in [6.45, 7) is 4.65. The fraction of sp³-hybridized carbons (Fsp3) is 0.636. The highest BCUT2D eigenvalue weighted by Crippen LogP contribution is 2.36. The zero-order valence-corrected chi connectivity index (χ0v) is 17.5. The molecule has 0 aromatic heterocycles. The van der Waals surface area contributed by atoms with Crippen LogP contribution in [-0.2, 0) is 20.9 Å². The van der Waals surface area contributed by atoms with Crippen LogP contribution in [0.15, 0.2) is 30.3 Å². The van der Waals surface area contributed by atoms with E-state index in [1.165, 1.54) is 5.56 Å². The summed E-state index contributed by atoms with van der Waals surface area (Å²) >= 11 is 0. The Morgan fingerprint density at radius 1 is 1.28 bits per heavy atom. The summed E-state index contributed by atoms with van der Waals surface area (Å²) in [4.78, 5) is 32.9. The molecule has 3 aliphatic heterocycles. The van der Waals surface area contributed by atoms with Crippen LogP contribution in [0.5, 0.6) is 0 Å². The minimum absolute atomic E-state index is 0.0344. The molecule has 0 saturated carbocycles. The van der Waals surface area contributed by atoms with E-state index in [0.29, 0.717) is 32.8 Å². The Morgan fingerprint density at radius 2 is 2.00 bits per heavy atom. The van der Waals surface area contributed by atoms with E-state index in [1.807, 2.05) is 30.1 Å². The van der Waals surface area contributed by atoms with Crippen molar-refractivity contribution >= 4 is 11.8 Å². The molecule has 3 fully saturated rings. The van der Waals surface area contributed by atoms with Crippen molar-refractivity contribution in [2.45, 2.75) is 31.0 Å². The molecule has 1 N–H and O–H groups in total. The van der Waals surface area contributed by atoms with Crippen molar-refractivity contribution in [2.75, 3.05) is 53.4 Å². The first-order chi connectivity index (χ1) is 14.0. The van der Waals surface area contributed by atoms with Gasteiger partial charge >= 0.3 is 0 Å². The van der Waals surface area contributed by atoms with Gasteiger partial charge in [0.2, 0.25) is 5.91 Å². The quantitative estimate of drug-likeness (QED) is 0.800. The van der Waals surface area contributed by atoms with Crippen molar-refractivity contribution in [3.05, 3.63) is 35.9 Å². The summed E-state index contributed by atoms with van der Waals surface area (Å²) in [5.74, 6) is -0.585. The highest BCUT2D eigenvalue weighted by molar-refractivity contribution is 5.94. The maximum absolute atomic E-state index is 13.6. The summed E-state index contributed by atoms with van der Waals surface area (Å²) in [5, 5.41) is 2.94. The Kier molecular flexibility index (Phi) is 5.90. The van der Waals surface area contributed by atoms with Crippen molar-refractivity contribution in [3.8, 4) is 0 Å². The predicted molar refractivity (Wildman–Crippen MR) is 110 cm³/mol. The highest BCUT2D eigenvalue weighted by Gasteiger charge is 2.58. The molecule has 0 radical (unpaired) electrons.